The molecule has 0 aliphatic carbocycles. The summed E-state index contributed by atoms with van der Waals surface area (Å²) < 4.78 is 5.18. The smallest absolute Gasteiger partial charge is 0.407 e. The van der Waals surface area contributed by atoms with Gasteiger partial charge in [0.15, 0.2) is 5.96 Å². The van der Waals surface area contributed by atoms with Gasteiger partial charge in [-0.1, -0.05) is 6.92 Å². The zero-order chi connectivity index (χ0) is 18.6. The fraction of sp³-hybridized carbons (Fsp3) is 0.882. The van der Waals surface area contributed by atoms with Gasteiger partial charge >= 0.3 is 6.09 Å². The predicted molar refractivity (Wildman–Crippen MR) is 101 cm³/mol. The molecule has 0 spiro atoms. The highest BCUT2D eigenvalue weighted by Gasteiger charge is 2.15. The molecule has 0 saturated heterocycles. The lowest BCUT2D eigenvalue weighted by molar-refractivity contribution is 0.0527. The van der Waals surface area contributed by atoms with E-state index in [1.165, 1.54) is 0 Å². The molecule has 7 nitrogen and oxygen atoms in total. The third-order valence-electron chi connectivity index (χ3n) is 3.37. The van der Waals surface area contributed by atoms with Crippen molar-refractivity contribution < 1.29 is 9.53 Å². The number of guanidine groups is 1. The largest absolute Gasteiger partial charge is 0.444 e. The molecular formula is C17H37N5O2. The molecule has 142 valence electrons. The van der Waals surface area contributed by atoms with Gasteiger partial charge < -0.3 is 20.7 Å². The average molecular weight is 344 g/mol. The van der Waals surface area contributed by atoms with Crippen LogP contribution in [-0.4, -0.2) is 68.4 Å². The molecule has 0 saturated carbocycles. The van der Waals surface area contributed by atoms with Gasteiger partial charge in [-0.15, -0.1) is 0 Å². The SMILES string of the molecule is CCN(CCNC(=NC)NCCCNC(=O)OC(C)(C)C)C(C)C. The summed E-state index contributed by atoms with van der Waals surface area (Å²) >= 11 is 0. The summed E-state index contributed by atoms with van der Waals surface area (Å²) in [5, 5.41) is 9.29. The normalized spacial score (nSPS) is 12.5. The molecule has 0 aliphatic rings. The Bertz CT molecular complexity index is 378. The molecule has 0 radical (unpaired) electrons. The van der Waals surface area contributed by atoms with E-state index in [2.05, 4.69) is 46.6 Å². The molecule has 1 amide bonds. The van der Waals surface area contributed by atoms with Gasteiger partial charge in [0.25, 0.3) is 0 Å². The van der Waals surface area contributed by atoms with E-state index in [4.69, 9.17) is 4.74 Å². The van der Waals surface area contributed by atoms with Crippen LogP contribution < -0.4 is 16.0 Å². The average Bonchev–Trinajstić information content (AvgIpc) is 2.46. The number of carbonyl (C=O) groups excluding carboxylic acids is 1. The topological polar surface area (TPSA) is 78.0 Å². The van der Waals surface area contributed by atoms with Gasteiger partial charge in [0.05, 0.1) is 0 Å². The number of hydrogen-bond acceptors (Lipinski definition) is 4. The van der Waals surface area contributed by atoms with Crippen molar-refractivity contribution in [2.24, 2.45) is 4.99 Å². The van der Waals surface area contributed by atoms with Crippen LogP contribution in [0.2, 0.25) is 0 Å². The van der Waals surface area contributed by atoms with Crippen LogP contribution >= 0.6 is 0 Å². The van der Waals surface area contributed by atoms with Gasteiger partial charge in [0.2, 0.25) is 0 Å². The van der Waals surface area contributed by atoms with Crippen LogP contribution in [0.5, 0.6) is 0 Å². The van der Waals surface area contributed by atoms with Crippen LogP contribution in [0.25, 0.3) is 0 Å². The van der Waals surface area contributed by atoms with Crippen molar-refractivity contribution in [3.8, 4) is 0 Å². The lowest BCUT2D eigenvalue weighted by Crippen LogP contribution is -2.43. The number of likely N-dealkylation sites (N-methyl/N-ethyl adjacent to an activating group) is 1. The minimum Gasteiger partial charge on any atom is -0.444 e. The second-order valence-electron chi connectivity index (χ2n) is 6.93. The molecule has 0 aromatic heterocycles. The first-order valence-corrected chi connectivity index (χ1v) is 8.85. The second-order valence-corrected chi connectivity index (χ2v) is 6.93. The van der Waals surface area contributed by atoms with E-state index in [0.29, 0.717) is 12.6 Å². The van der Waals surface area contributed by atoms with Gasteiger partial charge in [-0.3, -0.25) is 9.89 Å². The van der Waals surface area contributed by atoms with Crippen LogP contribution in [0.4, 0.5) is 4.79 Å². The van der Waals surface area contributed by atoms with Crippen molar-refractivity contribution in [1.29, 1.82) is 0 Å². The highest BCUT2D eigenvalue weighted by molar-refractivity contribution is 5.79. The predicted octanol–water partition coefficient (Wildman–Crippen LogP) is 1.80. The van der Waals surface area contributed by atoms with E-state index in [1.807, 2.05) is 20.8 Å². The summed E-state index contributed by atoms with van der Waals surface area (Å²) in [6.45, 7) is 16.3. The molecule has 7 heteroatoms. The van der Waals surface area contributed by atoms with Crippen molar-refractivity contribution in [3.05, 3.63) is 0 Å². The summed E-state index contributed by atoms with van der Waals surface area (Å²) in [6, 6.07) is 0.547. The third kappa shape index (κ3) is 12.0. The molecule has 0 fully saturated rings. The van der Waals surface area contributed by atoms with E-state index in [9.17, 15) is 4.79 Å². The Morgan fingerprint density at radius 2 is 1.71 bits per heavy atom. The third-order valence-corrected chi connectivity index (χ3v) is 3.37. The van der Waals surface area contributed by atoms with Crippen LogP contribution in [0.1, 0.15) is 48.0 Å². The molecule has 0 unspecified atom stereocenters. The van der Waals surface area contributed by atoms with Gasteiger partial charge in [0, 0.05) is 39.3 Å². The Balaban J connectivity index is 3.82. The lowest BCUT2D eigenvalue weighted by atomic mass is 10.2. The summed E-state index contributed by atoms with van der Waals surface area (Å²) in [5.74, 6) is 0.784. The van der Waals surface area contributed by atoms with Crippen LogP contribution in [0, 0.1) is 0 Å². The molecule has 0 aromatic carbocycles. The molecule has 0 heterocycles. The van der Waals surface area contributed by atoms with Gasteiger partial charge in [-0.05, 0) is 47.6 Å². The minimum absolute atomic E-state index is 0.377. The van der Waals surface area contributed by atoms with E-state index in [0.717, 1.165) is 38.6 Å². The number of hydrogen-bond donors (Lipinski definition) is 3. The van der Waals surface area contributed by atoms with Crippen molar-refractivity contribution in [2.45, 2.75) is 59.6 Å². The van der Waals surface area contributed by atoms with Crippen LogP contribution in [0.15, 0.2) is 4.99 Å². The Labute approximate surface area is 147 Å². The summed E-state index contributed by atoms with van der Waals surface area (Å²) in [4.78, 5) is 18.1. The van der Waals surface area contributed by atoms with Crippen molar-refractivity contribution >= 4 is 12.1 Å². The van der Waals surface area contributed by atoms with Crippen molar-refractivity contribution in [3.63, 3.8) is 0 Å². The maximum Gasteiger partial charge on any atom is 0.407 e. The monoisotopic (exact) mass is 343 g/mol. The maximum atomic E-state index is 11.5. The van der Waals surface area contributed by atoms with Crippen molar-refractivity contribution in [1.82, 2.24) is 20.9 Å². The minimum atomic E-state index is -0.462. The standard InChI is InChI=1S/C17H37N5O2/c1-8-22(14(2)3)13-12-20-15(18-7)19-10-9-11-21-16(23)24-17(4,5)6/h14H,8-13H2,1-7H3,(H,21,23)(H2,18,19,20). The number of alkyl carbamates (subject to hydrolysis) is 1. The van der Waals surface area contributed by atoms with Crippen LogP contribution in [0.3, 0.4) is 0 Å². The fourth-order valence-electron chi connectivity index (χ4n) is 2.12. The molecule has 3 N–H and O–H groups in total. The summed E-state index contributed by atoms with van der Waals surface area (Å²) in [7, 11) is 1.76. The zero-order valence-electron chi connectivity index (χ0n) is 16.5. The molecule has 0 atom stereocenters. The Morgan fingerprint density at radius 1 is 1.12 bits per heavy atom. The van der Waals surface area contributed by atoms with E-state index in [1.54, 1.807) is 7.05 Å². The fourth-order valence-corrected chi connectivity index (χ4v) is 2.12. The molecule has 0 rings (SSSR count). The van der Waals surface area contributed by atoms with E-state index in [-0.39, 0.29) is 6.09 Å². The highest BCUT2D eigenvalue weighted by atomic mass is 16.6. The van der Waals surface area contributed by atoms with Gasteiger partial charge in [-0.25, -0.2) is 4.79 Å². The molecule has 0 aromatic rings. The first-order valence-electron chi connectivity index (χ1n) is 8.85. The number of nitrogens with one attached hydrogen (secondary N) is 3. The number of amides is 1. The lowest BCUT2D eigenvalue weighted by Gasteiger charge is -2.25. The summed E-state index contributed by atoms with van der Waals surface area (Å²) in [5.41, 5.74) is -0.462. The number of aliphatic imine (C=N–C) groups is 1. The number of carbonyl (C=O) groups is 1. The molecule has 24 heavy (non-hydrogen) atoms. The molecule has 0 bridgehead atoms. The zero-order valence-corrected chi connectivity index (χ0v) is 16.5. The number of nitrogens with zero attached hydrogens (tertiary/aromatic N) is 2. The van der Waals surface area contributed by atoms with Crippen molar-refractivity contribution in [2.75, 3.05) is 39.8 Å². The molecular weight excluding hydrogens is 306 g/mol. The van der Waals surface area contributed by atoms with Gasteiger partial charge in [0.1, 0.15) is 5.60 Å². The number of ether oxygens (including phenoxy) is 1. The van der Waals surface area contributed by atoms with Gasteiger partial charge in [-0.2, -0.15) is 0 Å². The van der Waals surface area contributed by atoms with E-state index >= 15 is 0 Å². The Kier molecular flexibility index (Phi) is 11.2. The Hall–Kier alpha value is -1.50. The second kappa shape index (κ2) is 11.9. The quantitative estimate of drug-likeness (QED) is 0.338. The van der Waals surface area contributed by atoms with Crippen LogP contribution in [-0.2, 0) is 4.74 Å². The number of rotatable bonds is 9. The summed E-state index contributed by atoms with van der Waals surface area (Å²) in [6.07, 6.45) is 0.422. The highest BCUT2D eigenvalue weighted by Crippen LogP contribution is 2.06. The maximum absolute atomic E-state index is 11.5. The first-order chi connectivity index (χ1) is 11.2. The van der Waals surface area contributed by atoms with E-state index < -0.39 is 5.60 Å². The Morgan fingerprint density at radius 3 is 2.21 bits per heavy atom. The first kappa shape index (κ1) is 22.5. The molecule has 0 aliphatic heterocycles.